The van der Waals surface area contributed by atoms with Crippen LogP contribution in [0.25, 0.3) is 0 Å². The first kappa shape index (κ1) is 12.4. The van der Waals surface area contributed by atoms with E-state index in [1.54, 1.807) is 0 Å². The Morgan fingerprint density at radius 1 is 1.65 bits per heavy atom. The summed E-state index contributed by atoms with van der Waals surface area (Å²) in [6.45, 7) is 4.25. The molecule has 1 fully saturated rings. The largest absolute Gasteiger partial charge is 0.375 e. The smallest absolute Gasteiger partial charge is 0.228 e. The maximum atomic E-state index is 11.7. The number of aryl methyl sites for hydroxylation is 1. The van der Waals surface area contributed by atoms with Gasteiger partial charge >= 0.3 is 0 Å². The molecule has 6 nitrogen and oxygen atoms in total. The monoisotopic (exact) mass is 256 g/mol. The normalized spacial score (nSPS) is 20.2. The van der Waals surface area contributed by atoms with E-state index in [1.165, 1.54) is 11.3 Å². The molecule has 1 amide bonds. The van der Waals surface area contributed by atoms with Gasteiger partial charge in [-0.3, -0.25) is 4.79 Å². The van der Waals surface area contributed by atoms with Crippen LogP contribution in [0.15, 0.2) is 0 Å². The van der Waals surface area contributed by atoms with E-state index in [0.717, 1.165) is 24.5 Å². The van der Waals surface area contributed by atoms with Gasteiger partial charge in [-0.25, -0.2) is 0 Å². The van der Waals surface area contributed by atoms with Crippen LogP contribution in [0, 0.1) is 0 Å². The van der Waals surface area contributed by atoms with Crippen LogP contribution < -0.4 is 10.6 Å². The zero-order valence-corrected chi connectivity index (χ0v) is 10.5. The Hall–Kier alpha value is -1.05. The molecule has 7 heteroatoms. The Morgan fingerprint density at radius 2 is 2.53 bits per heavy atom. The highest BCUT2D eigenvalue weighted by atomic mass is 32.1. The fourth-order valence-corrected chi connectivity index (χ4v) is 2.27. The third kappa shape index (κ3) is 3.72. The maximum absolute atomic E-state index is 11.7. The highest BCUT2D eigenvalue weighted by molar-refractivity contribution is 7.15. The van der Waals surface area contributed by atoms with Gasteiger partial charge in [0.25, 0.3) is 0 Å². The van der Waals surface area contributed by atoms with Crippen LogP contribution in [-0.4, -0.2) is 41.9 Å². The van der Waals surface area contributed by atoms with Crippen LogP contribution in [0.3, 0.4) is 0 Å². The van der Waals surface area contributed by atoms with Crippen LogP contribution in [0.2, 0.25) is 0 Å². The lowest BCUT2D eigenvalue weighted by atomic mass is 10.2. The number of anilines is 1. The van der Waals surface area contributed by atoms with Gasteiger partial charge in [0.2, 0.25) is 11.0 Å². The van der Waals surface area contributed by atoms with Crippen LogP contribution >= 0.6 is 11.3 Å². The van der Waals surface area contributed by atoms with Gasteiger partial charge in [0.1, 0.15) is 5.01 Å². The Labute approximate surface area is 104 Å². The molecule has 0 spiro atoms. The second kappa shape index (κ2) is 6.04. The molecule has 0 aliphatic carbocycles. The number of carbonyl (C=O) groups is 1. The first-order chi connectivity index (χ1) is 8.28. The molecule has 1 aliphatic rings. The number of morpholine rings is 1. The zero-order valence-electron chi connectivity index (χ0n) is 9.73. The number of nitrogens with one attached hydrogen (secondary N) is 2. The minimum absolute atomic E-state index is 0.0395. The number of nitrogens with zero attached hydrogens (tertiary/aromatic N) is 2. The van der Waals surface area contributed by atoms with E-state index in [-0.39, 0.29) is 12.0 Å². The van der Waals surface area contributed by atoms with Crippen molar-refractivity contribution in [1.29, 1.82) is 0 Å². The molecule has 17 heavy (non-hydrogen) atoms. The molecule has 1 unspecified atom stereocenters. The molecule has 1 aliphatic heterocycles. The van der Waals surface area contributed by atoms with Gasteiger partial charge in [-0.1, -0.05) is 18.3 Å². The first-order valence-corrected chi connectivity index (χ1v) is 6.54. The van der Waals surface area contributed by atoms with Gasteiger partial charge in [0.15, 0.2) is 0 Å². The predicted octanol–water partition coefficient (Wildman–Crippen LogP) is 0.418. The van der Waals surface area contributed by atoms with Crippen molar-refractivity contribution in [3.05, 3.63) is 5.01 Å². The third-order valence-electron chi connectivity index (χ3n) is 2.43. The Bertz CT molecular complexity index is 376. The van der Waals surface area contributed by atoms with Crippen molar-refractivity contribution in [3.63, 3.8) is 0 Å². The van der Waals surface area contributed by atoms with E-state index in [9.17, 15) is 4.79 Å². The van der Waals surface area contributed by atoms with Crippen LogP contribution in [0.5, 0.6) is 0 Å². The Morgan fingerprint density at radius 3 is 3.18 bits per heavy atom. The van der Waals surface area contributed by atoms with E-state index in [4.69, 9.17) is 4.74 Å². The average molecular weight is 256 g/mol. The third-order valence-corrected chi connectivity index (χ3v) is 3.42. The molecule has 94 valence electrons. The molecule has 2 rings (SSSR count). The molecule has 0 saturated carbocycles. The minimum Gasteiger partial charge on any atom is -0.375 e. The summed E-state index contributed by atoms with van der Waals surface area (Å²) in [7, 11) is 0. The summed E-state index contributed by atoms with van der Waals surface area (Å²) < 4.78 is 5.46. The van der Waals surface area contributed by atoms with Crippen molar-refractivity contribution in [2.45, 2.75) is 25.9 Å². The molecule has 1 atom stereocenters. The second-order valence-corrected chi connectivity index (χ2v) is 4.87. The molecule has 1 aromatic heterocycles. The van der Waals surface area contributed by atoms with E-state index in [2.05, 4.69) is 20.8 Å². The van der Waals surface area contributed by atoms with E-state index in [0.29, 0.717) is 18.2 Å². The van der Waals surface area contributed by atoms with Crippen molar-refractivity contribution in [3.8, 4) is 0 Å². The molecule has 2 N–H and O–H groups in total. The van der Waals surface area contributed by atoms with E-state index < -0.39 is 0 Å². The van der Waals surface area contributed by atoms with Gasteiger partial charge in [0.05, 0.1) is 19.1 Å². The van der Waals surface area contributed by atoms with Crippen molar-refractivity contribution in [2.24, 2.45) is 0 Å². The van der Waals surface area contributed by atoms with E-state index >= 15 is 0 Å². The van der Waals surface area contributed by atoms with Gasteiger partial charge in [-0.05, 0) is 6.42 Å². The van der Waals surface area contributed by atoms with E-state index in [1.807, 2.05) is 6.92 Å². The number of carbonyl (C=O) groups excluding carboxylic acids is 1. The number of hydrogen-bond donors (Lipinski definition) is 2. The fraction of sp³-hybridized carbons (Fsp3) is 0.700. The molecule has 0 aromatic carbocycles. The summed E-state index contributed by atoms with van der Waals surface area (Å²) in [5.74, 6) is -0.0718. The highest BCUT2D eigenvalue weighted by Crippen LogP contribution is 2.16. The quantitative estimate of drug-likeness (QED) is 0.816. The zero-order chi connectivity index (χ0) is 12.1. The second-order valence-electron chi connectivity index (χ2n) is 3.80. The highest BCUT2D eigenvalue weighted by Gasteiger charge is 2.18. The summed E-state index contributed by atoms with van der Waals surface area (Å²) in [5.41, 5.74) is 0. The summed E-state index contributed by atoms with van der Waals surface area (Å²) in [6.07, 6.45) is 1.15. The number of aromatic nitrogens is 2. The van der Waals surface area contributed by atoms with Crippen LogP contribution in [-0.2, 0) is 16.0 Å². The summed E-state index contributed by atoms with van der Waals surface area (Å²) >= 11 is 1.41. The fourth-order valence-electron chi connectivity index (χ4n) is 1.57. The van der Waals surface area contributed by atoms with Gasteiger partial charge in [-0.15, -0.1) is 10.2 Å². The molecule has 0 radical (unpaired) electrons. The number of ether oxygens (including phenoxy) is 1. The first-order valence-electron chi connectivity index (χ1n) is 5.72. The van der Waals surface area contributed by atoms with Gasteiger partial charge < -0.3 is 15.4 Å². The van der Waals surface area contributed by atoms with Crippen molar-refractivity contribution in [1.82, 2.24) is 15.5 Å². The SMILES string of the molecule is CCc1nnc(NC(=O)CC2CNCCO2)s1. The van der Waals surface area contributed by atoms with Crippen molar-refractivity contribution >= 4 is 22.4 Å². The number of rotatable bonds is 4. The lowest BCUT2D eigenvalue weighted by molar-refractivity contribution is -0.119. The molecule has 1 aromatic rings. The summed E-state index contributed by atoms with van der Waals surface area (Å²) in [6, 6.07) is 0. The molecular weight excluding hydrogens is 240 g/mol. The lowest BCUT2D eigenvalue weighted by Gasteiger charge is -2.22. The predicted molar refractivity (Wildman–Crippen MR) is 65.1 cm³/mol. The minimum atomic E-state index is -0.0718. The lowest BCUT2D eigenvalue weighted by Crippen LogP contribution is -2.40. The molecule has 2 heterocycles. The average Bonchev–Trinajstić information content (AvgIpc) is 2.78. The summed E-state index contributed by atoms with van der Waals surface area (Å²) in [4.78, 5) is 11.7. The molecule has 0 bridgehead atoms. The van der Waals surface area contributed by atoms with Crippen LogP contribution in [0.1, 0.15) is 18.4 Å². The number of hydrogen-bond acceptors (Lipinski definition) is 6. The Balaban J connectivity index is 1.79. The van der Waals surface area contributed by atoms with Gasteiger partial charge in [-0.2, -0.15) is 0 Å². The number of amides is 1. The Kier molecular flexibility index (Phi) is 4.41. The molecular formula is C10H16N4O2S. The molecule has 1 saturated heterocycles. The van der Waals surface area contributed by atoms with Crippen molar-refractivity contribution in [2.75, 3.05) is 25.0 Å². The maximum Gasteiger partial charge on any atom is 0.228 e. The van der Waals surface area contributed by atoms with Crippen molar-refractivity contribution < 1.29 is 9.53 Å². The topological polar surface area (TPSA) is 76.1 Å². The standard InChI is InChI=1S/C10H16N4O2S/c1-2-9-13-14-10(17-9)12-8(15)5-7-6-11-3-4-16-7/h7,11H,2-6H2,1H3,(H,12,14,15). The summed E-state index contributed by atoms with van der Waals surface area (Å²) in [5, 5.41) is 15.3. The van der Waals surface area contributed by atoms with Crippen LogP contribution in [0.4, 0.5) is 5.13 Å². The van der Waals surface area contributed by atoms with Gasteiger partial charge in [0, 0.05) is 13.1 Å².